The van der Waals surface area contributed by atoms with Gasteiger partial charge in [0.25, 0.3) is 0 Å². The summed E-state index contributed by atoms with van der Waals surface area (Å²) in [7, 11) is 1.86. The standard InChI is InChI=1S/C14H20N2O/c1-4-16-10(2)12-8-6-5-7-11(12)9-13(15-3)14(16)17/h5-8,10,13,15H,4,9H2,1-3H3. The van der Waals surface area contributed by atoms with E-state index >= 15 is 0 Å². The monoisotopic (exact) mass is 232 g/mol. The van der Waals surface area contributed by atoms with Crippen molar-refractivity contribution in [1.29, 1.82) is 0 Å². The van der Waals surface area contributed by atoms with Crippen molar-refractivity contribution in [3.63, 3.8) is 0 Å². The number of carbonyl (C=O) groups is 1. The summed E-state index contributed by atoms with van der Waals surface area (Å²) in [5.41, 5.74) is 2.56. The fraction of sp³-hybridized carbons (Fsp3) is 0.500. The fourth-order valence-corrected chi connectivity index (χ4v) is 2.65. The van der Waals surface area contributed by atoms with E-state index < -0.39 is 0 Å². The van der Waals surface area contributed by atoms with Crippen LogP contribution in [-0.4, -0.2) is 30.4 Å². The average Bonchev–Trinajstić information content (AvgIpc) is 2.45. The molecule has 1 heterocycles. The Morgan fingerprint density at radius 3 is 2.76 bits per heavy atom. The summed E-state index contributed by atoms with van der Waals surface area (Å²) in [6.45, 7) is 4.90. The summed E-state index contributed by atoms with van der Waals surface area (Å²) in [4.78, 5) is 14.3. The molecule has 3 heteroatoms. The molecule has 0 bridgehead atoms. The van der Waals surface area contributed by atoms with Gasteiger partial charge in [-0.3, -0.25) is 4.79 Å². The molecule has 1 aromatic rings. The van der Waals surface area contributed by atoms with Gasteiger partial charge in [-0.15, -0.1) is 0 Å². The highest BCUT2D eigenvalue weighted by molar-refractivity contribution is 5.83. The Labute approximate surface area is 103 Å². The zero-order valence-electron chi connectivity index (χ0n) is 10.7. The predicted octanol–water partition coefficient (Wildman–Crippen LogP) is 1.74. The molecule has 2 unspecified atom stereocenters. The highest BCUT2D eigenvalue weighted by atomic mass is 16.2. The summed E-state index contributed by atoms with van der Waals surface area (Å²) in [6, 6.07) is 8.43. The predicted molar refractivity (Wildman–Crippen MR) is 68.8 cm³/mol. The van der Waals surface area contributed by atoms with Crippen molar-refractivity contribution in [3.05, 3.63) is 35.4 Å². The van der Waals surface area contributed by atoms with E-state index in [1.54, 1.807) is 0 Å². The second kappa shape index (κ2) is 4.88. The van der Waals surface area contributed by atoms with Crippen LogP contribution in [0, 0.1) is 0 Å². The highest BCUT2D eigenvalue weighted by Crippen LogP contribution is 2.28. The van der Waals surface area contributed by atoms with Crippen molar-refractivity contribution in [2.24, 2.45) is 0 Å². The van der Waals surface area contributed by atoms with Gasteiger partial charge in [0.1, 0.15) is 0 Å². The lowest BCUT2D eigenvalue weighted by Gasteiger charge is -2.28. The summed E-state index contributed by atoms with van der Waals surface area (Å²) in [5.74, 6) is 0.207. The quantitative estimate of drug-likeness (QED) is 0.842. The average molecular weight is 232 g/mol. The van der Waals surface area contributed by atoms with E-state index in [0.717, 1.165) is 13.0 Å². The number of amides is 1. The number of nitrogens with zero attached hydrogens (tertiary/aromatic N) is 1. The summed E-state index contributed by atoms with van der Waals surface area (Å²) < 4.78 is 0. The first-order valence-corrected chi connectivity index (χ1v) is 6.24. The number of likely N-dealkylation sites (N-methyl/N-ethyl adjacent to an activating group) is 2. The molecule has 0 saturated heterocycles. The first-order valence-electron chi connectivity index (χ1n) is 6.24. The molecular formula is C14H20N2O. The minimum atomic E-state index is -0.0963. The maximum atomic E-state index is 12.3. The van der Waals surface area contributed by atoms with Crippen LogP contribution >= 0.6 is 0 Å². The molecule has 0 radical (unpaired) electrons. The zero-order chi connectivity index (χ0) is 12.4. The molecule has 0 saturated carbocycles. The second-order valence-electron chi connectivity index (χ2n) is 4.54. The Hall–Kier alpha value is -1.35. The van der Waals surface area contributed by atoms with Crippen molar-refractivity contribution in [2.45, 2.75) is 32.4 Å². The van der Waals surface area contributed by atoms with Crippen molar-refractivity contribution < 1.29 is 4.79 Å². The lowest BCUT2D eigenvalue weighted by atomic mass is 9.98. The Morgan fingerprint density at radius 1 is 1.41 bits per heavy atom. The molecule has 92 valence electrons. The van der Waals surface area contributed by atoms with E-state index in [4.69, 9.17) is 0 Å². The van der Waals surface area contributed by atoms with Crippen LogP contribution in [0.1, 0.15) is 31.0 Å². The molecule has 17 heavy (non-hydrogen) atoms. The number of nitrogens with one attached hydrogen (secondary N) is 1. The Morgan fingerprint density at radius 2 is 2.12 bits per heavy atom. The molecule has 0 aromatic heterocycles. The van der Waals surface area contributed by atoms with Crippen LogP contribution in [-0.2, 0) is 11.2 Å². The maximum Gasteiger partial charge on any atom is 0.240 e. The third-order valence-electron chi connectivity index (χ3n) is 3.67. The number of hydrogen-bond acceptors (Lipinski definition) is 2. The number of carbonyl (C=O) groups excluding carboxylic acids is 1. The third kappa shape index (κ3) is 2.07. The Kier molecular flexibility index (Phi) is 3.48. The topological polar surface area (TPSA) is 32.3 Å². The van der Waals surface area contributed by atoms with Crippen molar-refractivity contribution in [3.8, 4) is 0 Å². The molecule has 1 aliphatic rings. The summed E-state index contributed by atoms with van der Waals surface area (Å²) in [6.07, 6.45) is 0.784. The number of benzene rings is 1. The van der Waals surface area contributed by atoms with Crippen LogP contribution in [0.2, 0.25) is 0 Å². The first kappa shape index (κ1) is 12.1. The van der Waals surface area contributed by atoms with Gasteiger partial charge in [-0.05, 0) is 38.4 Å². The summed E-state index contributed by atoms with van der Waals surface area (Å²) >= 11 is 0. The van der Waals surface area contributed by atoms with Crippen molar-refractivity contribution in [2.75, 3.05) is 13.6 Å². The lowest BCUT2D eigenvalue weighted by molar-refractivity contribution is -0.134. The molecule has 1 aromatic carbocycles. The number of fused-ring (bicyclic) bond motifs is 1. The van der Waals surface area contributed by atoms with Gasteiger partial charge in [-0.2, -0.15) is 0 Å². The Bertz CT molecular complexity index is 416. The maximum absolute atomic E-state index is 12.3. The fourth-order valence-electron chi connectivity index (χ4n) is 2.65. The highest BCUT2D eigenvalue weighted by Gasteiger charge is 2.31. The SMILES string of the molecule is CCN1C(=O)C(NC)Cc2ccccc2C1C. The van der Waals surface area contributed by atoms with Gasteiger partial charge in [0.05, 0.1) is 12.1 Å². The molecule has 0 aliphatic carbocycles. The molecule has 3 nitrogen and oxygen atoms in total. The minimum absolute atomic E-state index is 0.0963. The third-order valence-corrected chi connectivity index (χ3v) is 3.67. The van der Waals surface area contributed by atoms with Gasteiger partial charge in [0.15, 0.2) is 0 Å². The summed E-state index contributed by atoms with van der Waals surface area (Å²) in [5, 5.41) is 3.13. The minimum Gasteiger partial charge on any atom is -0.335 e. The number of rotatable bonds is 2. The molecule has 0 spiro atoms. The van der Waals surface area contributed by atoms with Gasteiger partial charge in [0.2, 0.25) is 5.91 Å². The largest absolute Gasteiger partial charge is 0.335 e. The van der Waals surface area contributed by atoms with Crippen LogP contribution in [0.4, 0.5) is 0 Å². The van der Waals surface area contributed by atoms with E-state index in [2.05, 4.69) is 24.4 Å². The lowest BCUT2D eigenvalue weighted by Crippen LogP contribution is -2.45. The van der Waals surface area contributed by atoms with E-state index in [1.165, 1.54) is 11.1 Å². The van der Waals surface area contributed by atoms with Gasteiger partial charge in [-0.1, -0.05) is 24.3 Å². The van der Waals surface area contributed by atoms with Gasteiger partial charge in [0, 0.05) is 6.54 Å². The Balaban J connectivity index is 2.46. The molecule has 0 fully saturated rings. The van der Waals surface area contributed by atoms with Gasteiger partial charge < -0.3 is 10.2 Å². The zero-order valence-corrected chi connectivity index (χ0v) is 10.7. The van der Waals surface area contributed by atoms with Crippen LogP contribution in [0.25, 0.3) is 0 Å². The second-order valence-corrected chi connectivity index (χ2v) is 4.54. The van der Waals surface area contributed by atoms with E-state index in [9.17, 15) is 4.79 Å². The molecule has 1 N–H and O–H groups in total. The van der Waals surface area contributed by atoms with Crippen molar-refractivity contribution in [1.82, 2.24) is 10.2 Å². The van der Waals surface area contributed by atoms with E-state index in [0.29, 0.717) is 0 Å². The number of hydrogen-bond donors (Lipinski definition) is 1. The van der Waals surface area contributed by atoms with Crippen LogP contribution < -0.4 is 5.32 Å². The van der Waals surface area contributed by atoms with Crippen LogP contribution in [0.15, 0.2) is 24.3 Å². The van der Waals surface area contributed by atoms with E-state index in [1.807, 2.05) is 31.0 Å². The van der Waals surface area contributed by atoms with Crippen LogP contribution in [0.5, 0.6) is 0 Å². The molecule has 1 amide bonds. The first-order chi connectivity index (χ1) is 8.19. The smallest absolute Gasteiger partial charge is 0.240 e. The van der Waals surface area contributed by atoms with Gasteiger partial charge in [-0.25, -0.2) is 0 Å². The molecule has 2 atom stereocenters. The molecule has 2 rings (SSSR count). The van der Waals surface area contributed by atoms with Crippen LogP contribution in [0.3, 0.4) is 0 Å². The van der Waals surface area contributed by atoms with Gasteiger partial charge >= 0.3 is 0 Å². The molecular weight excluding hydrogens is 212 g/mol. The van der Waals surface area contributed by atoms with Crippen molar-refractivity contribution >= 4 is 5.91 Å². The van der Waals surface area contributed by atoms with E-state index in [-0.39, 0.29) is 18.0 Å². The normalized spacial score (nSPS) is 24.4. The molecule has 1 aliphatic heterocycles.